The number of fused-ring (bicyclic) bond motifs is 4. The molecule has 0 spiro atoms. The summed E-state index contributed by atoms with van der Waals surface area (Å²) in [5, 5.41) is 4.91. The van der Waals surface area contributed by atoms with Crippen LogP contribution in [0.15, 0.2) is 182 Å². The highest BCUT2D eigenvalue weighted by Crippen LogP contribution is 2.37. The normalized spacial score (nSPS) is 11.4. The van der Waals surface area contributed by atoms with Crippen LogP contribution >= 0.6 is 0 Å². The number of pyridine rings is 1. The smallest absolute Gasteiger partial charge is 0.0721 e. The standard InChI is InChI=1S/C45H30N2/c1-3-13-31(14-4-1)35-25-26-45-41(28-35)40-22-9-10-24-44(40)47(45)37-20-11-19-34(27-37)36-29-42(33-16-5-2-6-17-33)46-43(30-36)39-23-12-18-32-15-7-8-21-38(32)39/h1-30H. The van der Waals surface area contributed by atoms with Crippen LogP contribution in [0.5, 0.6) is 0 Å². The highest BCUT2D eigenvalue weighted by molar-refractivity contribution is 6.10. The van der Waals surface area contributed by atoms with Crippen LogP contribution in [0, 0.1) is 0 Å². The second-order valence-electron chi connectivity index (χ2n) is 12.0. The monoisotopic (exact) mass is 598 g/mol. The second-order valence-corrected chi connectivity index (χ2v) is 12.0. The summed E-state index contributed by atoms with van der Waals surface area (Å²) in [5.41, 5.74) is 12.4. The third-order valence-corrected chi connectivity index (χ3v) is 9.18. The number of hydrogen-bond donors (Lipinski definition) is 0. The largest absolute Gasteiger partial charge is 0.309 e. The molecule has 0 aliphatic heterocycles. The Morgan fingerprint density at radius 2 is 0.957 bits per heavy atom. The molecule has 0 aliphatic rings. The number of para-hydroxylation sites is 1. The van der Waals surface area contributed by atoms with Gasteiger partial charge in [-0.3, -0.25) is 0 Å². The van der Waals surface area contributed by atoms with E-state index in [0.29, 0.717) is 0 Å². The van der Waals surface area contributed by atoms with Crippen molar-refractivity contribution < 1.29 is 0 Å². The molecule has 0 saturated carbocycles. The van der Waals surface area contributed by atoms with Gasteiger partial charge >= 0.3 is 0 Å². The van der Waals surface area contributed by atoms with E-state index in [1.54, 1.807) is 0 Å². The summed E-state index contributed by atoms with van der Waals surface area (Å²) in [4.78, 5) is 5.23. The molecule has 9 aromatic rings. The minimum atomic E-state index is 0.960. The molecule has 0 saturated heterocycles. The van der Waals surface area contributed by atoms with Crippen LogP contribution in [0.3, 0.4) is 0 Å². The van der Waals surface area contributed by atoms with Crippen molar-refractivity contribution in [2.75, 3.05) is 0 Å². The molecule has 220 valence electrons. The van der Waals surface area contributed by atoms with Crippen LogP contribution in [0.1, 0.15) is 0 Å². The van der Waals surface area contributed by atoms with Crippen molar-refractivity contribution >= 4 is 32.6 Å². The maximum absolute atomic E-state index is 5.23. The van der Waals surface area contributed by atoms with Crippen LogP contribution in [-0.2, 0) is 0 Å². The molecule has 2 heterocycles. The lowest BCUT2D eigenvalue weighted by atomic mass is 9.97. The van der Waals surface area contributed by atoms with Gasteiger partial charge in [0, 0.05) is 27.6 Å². The van der Waals surface area contributed by atoms with Gasteiger partial charge in [-0.25, -0.2) is 4.98 Å². The van der Waals surface area contributed by atoms with Gasteiger partial charge in [0.25, 0.3) is 0 Å². The molecule has 0 N–H and O–H groups in total. The van der Waals surface area contributed by atoms with Crippen molar-refractivity contribution in [3.05, 3.63) is 182 Å². The zero-order chi connectivity index (χ0) is 31.2. The van der Waals surface area contributed by atoms with E-state index < -0.39 is 0 Å². The molecule has 2 nitrogen and oxygen atoms in total. The lowest BCUT2D eigenvalue weighted by Gasteiger charge is -2.14. The minimum absolute atomic E-state index is 0.960. The van der Waals surface area contributed by atoms with Crippen molar-refractivity contribution in [3.63, 3.8) is 0 Å². The van der Waals surface area contributed by atoms with E-state index in [2.05, 4.69) is 187 Å². The zero-order valence-corrected chi connectivity index (χ0v) is 25.7. The van der Waals surface area contributed by atoms with E-state index >= 15 is 0 Å². The van der Waals surface area contributed by atoms with Gasteiger partial charge in [0.2, 0.25) is 0 Å². The lowest BCUT2D eigenvalue weighted by Crippen LogP contribution is -1.95. The van der Waals surface area contributed by atoms with Crippen molar-refractivity contribution in [1.82, 2.24) is 9.55 Å². The third kappa shape index (κ3) is 4.79. The molecule has 0 radical (unpaired) electrons. The first-order chi connectivity index (χ1) is 23.3. The Hall–Kier alpha value is -6.25. The van der Waals surface area contributed by atoms with Gasteiger partial charge in [-0.1, -0.05) is 140 Å². The first kappa shape index (κ1) is 27.1. The van der Waals surface area contributed by atoms with Gasteiger partial charge in [-0.2, -0.15) is 0 Å². The number of nitrogens with zero attached hydrogens (tertiary/aromatic N) is 2. The SMILES string of the molecule is c1ccc(-c2ccc3c(c2)c2ccccc2n3-c2cccc(-c3cc(-c4ccccc4)nc(-c4cccc5ccccc45)c3)c2)cc1. The maximum atomic E-state index is 5.23. The number of rotatable bonds is 5. The molecular formula is C45H30N2. The first-order valence-corrected chi connectivity index (χ1v) is 16.1. The van der Waals surface area contributed by atoms with E-state index in [-0.39, 0.29) is 0 Å². The quantitative estimate of drug-likeness (QED) is 0.193. The number of aromatic nitrogens is 2. The Bertz CT molecular complexity index is 2560. The molecule has 0 amide bonds. The van der Waals surface area contributed by atoms with Gasteiger partial charge < -0.3 is 4.57 Å². The van der Waals surface area contributed by atoms with Crippen molar-refractivity contribution in [2.45, 2.75) is 0 Å². The van der Waals surface area contributed by atoms with Crippen LogP contribution in [0.2, 0.25) is 0 Å². The Balaban J connectivity index is 1.23. The average Bonchev–Trinajstić information content (AvgIpc) is 3.49. The zero-order valence-electron chi connectivity index (χ0n) is 25.7. The molecule has 0 unspecified atom stereocenters. The van der Waals surface area contributed by atoms with E-state index in [1.165, 1.54) is 43.7 Å². The summed E-state index contributed by atoms with van der Waals surface area (Å²) in [7, 11) is 0. The molecule has 47 heavy (non-hydrogen) atoms. The predicted molar refractivity (Wildman–Crippen MR) is 198 cm³/mol. The molecule has 0 aliphatic carbocycles. The molecule has 9 rings (SSSR count). The highest BCUT2D eigenvalue weighted by Gasteiger charge is 2.15. The summed E-state index contributed by atoms with van der Waals surface area (Å²) in [6, 6.07) is 65.0. The fourth-order valence-corrected chi connectivity index (χ4v) is 6.93. The Kier molecular flexibility index (Phi) is 6.50. The van der Waals surface area contributed by atoms with E-state index in [9.17, 15) is 0 Å². The van der Waals surface area contributed by atoms with Crippen molar-refractivity contribution in [3.8, 4) is 50.5 Å². The first-order valence-electron chi connectivity index (χ1n) is 16.1. The van der Waals surface area contributed by atoms with E-state index in [1.807, 2.05) is 0 Å². The van der Waals surface area contributed by atoms with Crippen molar-refractivity contribution in [1.29, 1.82) is 0 Å². The van der Waals surface area contributed by atoms with Crippen LogP contribution in [0.25, 0.3) is 83.0 Å². The van der Waals surface area contributed by atoms with Crippen LogP contribution < -0.4 is 0 Å². The fourth-order valence-electron chi connectivity index (χ4n) is 6.93. The minimum Gasteiger partial charge on any atom is -0.309 e. The van der Waals surface area contributed by atoms with Gasteiger partial charge in [-0.15, -0.1) is 0 Å². The number of benzene rings is 7. The summed E-state index contributed by atoms with van der Waals surface area (Å²) in [5.74, 6) is 0. The van der Waals surface area contributed by atoms with Gasteiger partial charge in [0.15, 0.2) is 0 Å². The lowest BCUT2D eigenvalue weighted by molar-refractivity contribution is 1.18. The molecular weight excluding hydrogens is 569 g/mol. The fraction of sp³-hybridized carbons (Fsp3) is 0. The molecule has 0 atom stereocenters. The molecule has 2 heteroatoms. The van der Waals surface area contributed by atoms with E-state index in [0.717, 1.165) is 39.3 Å². The average molecular weight is 599 g/mol. The summed E-state index contributed by atoms with van der Waals surface area (Å²) >= 11 is 0. The maximum Gasteiger partial charge on any atom is 0.0721 e. The molecule has 0 bridgehead atoms. The highest BCUT2D eigenvalue weighted by atomic mass is 15.0. The Morgan fingerprint density at radius 1 is 0.340 bits per heavy atom. The molecule has 7 aromatic carbocycles. The third-order valence-electron chi connectivity index (χ3n) is 9.18. The van der Waals surface area contributed by atoms with Gasteiger partial charge in [0.05, 0.1) is 22.4 Å². The van der Waals surface area contributed by atoms with Crippen LogP contribution in [-0.4, -0.2) is 9.55 Å². The molecule has 2 aromatic heterocycles. The van der Waals surface area contributed by atoms with Gasteiger partial charge in [0.1, 0.15) is 0 Å². The second kappa shape index (κ2) is 11.3. The summed E-state index contributed by atoms with van der Waals surface area (Å²) in [6.07, 6.45) is 0. The number of hydrogen-bond acceptors (Lipinski definition) is 1. The van der Waals surface area contributed by atoms with Gasteiger partial charge in [-0.05, 0) is 75.5 Å². The Labute approximate surface area is 273 Å². The predicted octanol–water partition coefficient (Wildman–Crippen LogP) is 12.0. The van der Waals surface area contributed by atoms with Crippen molar-refractivity contribution in [2.24, 2.45) is 0 Å². The summed E-state index contributed by atoms with van der Waals surface area (Å²) < 4.78 is 2.40. The Morgan fingerprint density at radius 3 is 1.81 bits per heavy atom. The van der Waals surface area contributed by atoms with Crippen LogP contribution in [0.4, 0.5) is 0 Å². The topological polar surface area (TPSA) is 17.8 Å². The van der Waals surface area contributed by atoms with E-state index in [4.69, 9.17) is 4.98 Å². The molecule has 0 fully saturated rings. The summed E-state index contributed by atoms with van der Waals surface area (Å²) in [6.45, 7) is 0.